The smallest absolute Gasteiger partial charge is 0.356 e. The molecule has 0 bridgehead atoms. The fraction of sp³-hybridized carbons (Fsp3) is 0.556. The van der Waals surface area contributed by atoms with Crippen LogP contribution in [0.15, 0.2) is 10.9 Å². The first kappa shape index (κ1) is 11.0. The number of nitrogens with one attached hydrogen (secondary N) is 2. The third kappa shape index (κ3) is 1.89. The molecule has 1 aliphatic rings. The van der Waals surface area contributed by atoms with Crippen LogP contribution in [0.25, 0.3) is 0 Å². The fourth-order valence-electron chi connectivity index (χ4n) is 1.49. The lowest BCUT2D eigenvalue weighted by Gasteiger charge is -2.21. The highest BCUT2D eigenvalue weighted by molar-refractivity contribution is 5.41. The van der Waals surface area contributed by atoms with E-state index < -0.39 is 17.3 Å². The number of H-pyrrole nitrogens is 1. The molecule has 0 aromatic carbocycles. The van der Waals surface area contributed by atoms with Crippen LogP contribution in [0.5, 0.6) is 0 Å². The van der Waals surface area contributed by atoms with Gasteiger partial charge in [-0.2, -0.15) is 13.2 Å². The number of nitrogens with zero attached hydrogens (tertiary/aromatic N) is 1. The van der Waals surface area contributed by atoms with Gasteiger partial charge in [0.2, 0.25) is 0 Å². The first-order valence-corrected chi connectivity index (χ1v) is 4.75. The molecule has 88 valence electrons. The number of aromatic nitrogens is 2. The Kier molecular flexibility index (Phi) is 2.21. The van der Waals surface area contributed by atoms with Crippen LogP contribution in [0.3, 0.4) is 0 Å². The van der Waals surface area contributed by atoms with Gasteiger partial charge in [0.1, 0.15) is 17.2 Å². The van der Waals surface area contributed by atoms with Gasteiger partial charge >= 0.3 is 6.18 Å². The molecule has 0 radical (unpaired) electrons. The van der Waals surface area contributed by atoms with Gasteiger partial charge in [-0.05, 0) is 19.8 Å². The highest BCUT2D eigenvalue weighted by Crippen LogP contribution is 2.50. The van der Waals surface area contributed by atoms with Crippen molar-refractivity contribution in [2.45, 2.75) is 31.5 Å². The van der Waals surface area contributed by atoms with Crippen LogP contribution < -0.4 is 10.9 Å². The van der Waals surface area contributed by atoms with Crippen molar-refractivity contribution >= 4 is 5.82 Å². The van der Waals surface area contributed by atoms with Gasteiger partial charge in [-0.25, -0.2) is 4.98 Å². The predicted molar refractivity (Wildman–Crippen MR) is 51.2 cm³/mol. The summed E-state index contributed by atoms with van der Waals surface area (Å²) < 4.78 is 37.8. The summed E-state index contributed by atoms with van der Waals surface area (Å²) in [5, 5.41) is 2.29. The van der Waals surface area contributed by atoms with E-state index in [4.69, 9.17) is 0 Å². The van der Waals surface area contributed by atoms with Crippen LogP contribution in [0, 0.1) is 6.92 Å². The summed E-state index contributed by atoms with van der Waals surface area (Å²) in [6.45, 7) is 1.51. The molecule has 0 saturated heterocycles. The molecule has 2 N–H and O–H groups in total. The minimum absolute atomic E-state index is 0.0179. The number of hydrogen-bond donors (Lipinski definition) is 2. The van der Waals surface area contributed by atoms with Crippen molar-refractivity contribution in [3.8, 4) is 0 Å². The van der Waals surface area contributed by atoms with E-state index in [-0.39, 0.29) is 24.5 Å². The molecule has 1 fully saturated rings. The highest BCUT2D eigenvalue weighted by Gasteiger charge is 2.63. The van der Waals surface area contributed by atoms with Crippen molar-refractivity contribution in [3.63, 3.8) is 0 Å². The molecule has 16 heavy (non-hydrogen) atoms. The third-order valence-electron chi connectivity index (χ3n) is 2.52. The lowest BCUT2D eigenvalue weighted by molar-refractivity contribution is -0.151. The van der Waals surface area contributed by atoms with E-state index in [9.17, 15) is 18.0 Å². The maximum Gasteiger partial charge on any atom is 0.411 e. The molecular weight excluding hydrogens is 223 g/mol. The van der Waals surface area contributed by atoms with Crippen LogP contribution in [-0.4, -0.2) is 21.7 Å². The van der Waals surface area contributed by atoms with Crippen molar-refractivity contribution in [1.82, 2.24) is 9.97 Å². The van der Waals surface area contributed by atoms with Crippen LogP contribution >= 0.6 is 0 Å². The second-order valence-corrected chi connectivity index (χ2v) is 3.92. The van der Waals surface area contributed by atoms with E-state index in [1.807, 2.05) is 0 Å². The number of alkyl halides is 3. The first-order valence-electron chi connectivity index (χ1n) is 4.75. The Labute approximate surface area is 88.9 Å². The maximum atomic E-state index is 12.6. The van der Waals surface area contributed by atoms with Gasteiger partial charge in [-0.3, -0.25) is 4.79 Å². The highest BCUT2D eigenvalue weighted by atomic mass is 19.4. The Morgan fingerprint density at radius 3 is 2.56 bits per heavy atom. The topological polar surface area (TPSA) is 57.8 Å². The first-order chi connectivity index (χ1) is 7.32. The van der Waals surface area contributed by atoms with Crippen molar-refractivity contribution in [2.75, 3.05) is 5.32 Å². The summed E-state index contributed by atoms with van der Waals surface area (Å²) in [5.74, 6) is 0.254. The number of halogens is 3. The van der Waals surface area contributed by atoms with Crippen LogP contribution in [0.1, 0.15) is 18.7 Å². The standard InChI is InChI=1S/C9H10F3N3O/c1-5-13-6(4-7(16)14-5)15-8(2-3-8)9(10,11)12/h4H,2-3H2,1H3,(H2,13,14,15,16). The Hall–Kier alpha value is -1.53. The Balaban J connectivity index is 2.25. The van der Waals surface area contributed by atoms with E-state index in [1.165, 1.54) is 6.92 Å². The van der Waals surface area contributed by atoms with Gasteiger partial charge < -0.3 is 10.3 Å². The minimum atomic E-state index is -4.31. The lowest BCUT2D eigenvalue weighted by Crippen LogP contribution is -2.39. The maximum absolute atomic E-state index is 12.6. The second-order valence-electron chi connectivity index (χ2n) is 3.92. The number of anilines is 1. The Morgan fingerprint density at radius 1 is 1.50 bits per heavy atom. The van der Waals surface area contributed by atoms with Crippen molar-refractivity contribution in [2.24, 2.45) is 0 Å². The average molecular weight is 233 g/mol. The predicted octanol–water partition coefficient (Wildman–Crippen LogP) is 1.59. The SMILES string of the molecule is Cc1nc(NC2(C(F)(F)F)CC2)cc(=O)[nH]1. The zero-order valence-corrected chi connectivity index (χ0v) is 8.48. The summed E-state index contributed by atoms with van der Waals surface area (Å²) in [5.41, 5.74) is -2.35. The molecule has 1 aliphatic carbocycles. The quantitative estimate of drug-likeness (QED) is 0.815. The zero-order chi connectivity index (χ0) is 12.0. The van der Waals surface area contributed by atoms with Crippen molar-refractivity contribution in [3.05, 3.63) is 22.2 Å². The summed E-state index contributed by atoms with van der Waals surface area (Å²) in [6.07, 6.45) is -4.28. The fourth-order valence-corrected chi connectivity index (χ4v) is 1.49. The Bertz CT molecular complexity index is 462. The van der Waals surface area contributed by atoms with E-state index in [0.29, 0.717) is 0 Å². The molecule has 0 atom stereocenters. The molecule has 1 aromatic rings. The minimum Gasteiger partial charge on any atom is -0.356 e. The number of aryl methyl sites for hydroxylation is 1. The monoisotopic (exact) mass is 233 g/mol. The molecule has 7 heteroatoms. The van der Waals surface area contributed by atoms with Gasteiger partial charge in [0.15, 0.2) is 0 Å². The molecule has 0 unspecified atom stereocenters. The van der Waals surface area contributed by atoms with Crippen LogP contribution in [0.4, 0.5) is 19.0 Å². The molecule has 1 saturated carbocycles. The largest absolute Gasteiger partial charge is 0.411 e. The van der Waals surface area contributed by atoms with E-state index >= 15 is 0 Å². The number of hydrogen-bond acceptors (Lipinski definition) is 3. The Morgan fingerprint density at radius 2 is 2.12 bits per heavy atom. The zero-order valence-electron chi connectivity index (χ0n) is 8.48. The third-order valence-corrected chi connectivity index (χ3v) is 2.52. The van der Waals surface area contributed by atoms with Gasteiger partial charge in [-0.1, -0.05) is 0 Å². The van der Waals surface area contributed by atoms with E-state index in [1.54, 1.807) is 0 Å². The van der Waals surface area contributed by atoms with Gasteiger partial charge in [0.05, 0.1) is 0 Å². The van der Waals surface area contributed by atoms with Crippen LogP contribution in [-0.2, 0) is 0 Å². The summed E-state index contributed by atoms with van der Waals surface area (Å²) in [7, 11) is 0. The molecular formula is C9H10F3N3O. The molecule has 1 heterocycles. The van der Waals surface area contributed by atoms with Gasteiger partial charge in [0.25, 0.3) is 5.56 Å². The molecule has 4 nitrogen and oxygen atoms in total. The molecule has 2 rings (SSSR count). The molecule has 0 spiro atoms. The van der Waals surface area contributed by atoms with E-state index in [2.05, 4.69) is 15.3 Å². The second kappa shape index (κ2) is 3.23. The van der Waals surface area contributed by atoms with Gasteiger partial charge in [0, 0.05) is 6.07 Å². The lowest BCUT2D eigenvalue weighted by atomic mass is 10.2. The molecule has 0 amide bonds. The van der Waals surface area contributed by atoms with E-state index in [0.717, 1.165) is 6.07 Å². The normalized spacial score (nSPS) is 18.2. The van der Waals surface area contributed by atoms with Crippen LogP contribution in [0.2, 0.25) is 0 Å². The molecule has 0 aliphatic heterocycles. The average Bonchev–Trinajstić information content (AvgIpc) is 2.81. The van der Waals surface area contributed by atoms with Gasteiger partial charge in [-0.15, -0.1) is 0 Å². The summed E-state index contributed by atoms with van der Waals surface area (Å²) in [6, 6.07) is 1.03. The number of rotatable bonds is 2. The molecule has 1 aromatic heterocycles. The van der Waals surface area contributed by atoms with Crippen molar-refractivity contribution in [1.29, 1.82) is 0 Å². The number of aromatic amines is 1. The van der Waals surface area contributed by atoms with Crippen molar-refractivity contribution < 1.29 is 13.2 Å². The summed E-state index contributed by atoms with van der Waals surface area (Å²) in [4.78, 5) is 17.2. The summed E-state index contributed by atoms with van der Waals surface area (Å²) >= 11 is 0.